The van der Waals surface area contributed by atoms with Crippen molar-refractivity contribution in [2.24, 2.45) is 5.73 Å². The summed E-state index contributed by atoms with van der Waals surface area (Å²) in [7, 11) is 0. The molecule has 0 fully saturated rings. The molecule has 1 aromatic rings. The third-order valence-electron chi connectivity index (χ3n) is 2.02. The maximum atomic E-state index is 12.5. The first-order valence-corrected chi connectivity index (χ1v) is 5.25. The van der Waals surface area contributed by atoms with Crippen LogP contribution in [0.1, 0.15) is 30.0 Å². The molecule has 7 heteroatoms. The SMILES string of the molecule is Cl.N[C@@H](CC(=O)O)c1cc(Br)cc(C(F)F)c1. The number of rotatable bonds is 4. The number of hydrogen-bond acceptors (Lipinski definition) is 2. The molecule has 0 aromatic heterocycles. The van der Waals surface area contributed by atoms with Crippen molar-refractivity contribution in [3.63, 3.8) is 0 Å². The lowest BCUT2D eigenvalue weighted by Crippen LogP contribution is -2.15. The zero-order chi connectivity index (χ0) is 12.3. The molecule has 0 unspecified atom stereocenters. The van der Waals surface area contributed by atoms with Gasteiger partial charge in [0.1, 0.15) is 0 Å². The summed E-state index contributed by atoms with van der Waals surface area (Å²) in [4.78, 5) is 10.4. The Bertz CT molecular complexity index is 404. The van der Waals surface area contributed by atoms with Crippen LogP contribution in [-0.4, -0.2) is 11.1 Å². The predicted octanol–water partition coefficient (Wildman–Crippen LogP) is 3.28. The Labute approximate surface area is 112 Å². The number of nitrogens with two attached hydrogens (primary N) is 1. The van der Waals surface area contributed by atoms with Gasteiger partial charge in [0.2, 0.25) is 0 Å². The standard InChI is InChI=1S/C10H10BrF2NO2.ClH/c11-7-2-5(8(14)4-9(15)16)1-6(3-7)10(12)13;/h1-3,8,10H,4,14H2,(H,15,16);1H/t8-;/m0./s1. The summed E-state index contributed by atoms with van der Waals surface area (Å²) < 4.78 is 25.4. The van der Waals surface area contributed by atoms with E-state index in [1.165, 1.54) is 12.1 Å². The van der Waals surface area contributed by atoms with Gasteiger partial charge in [-0.15, -0.1) is 12.4 Å². The van der Waals surface area contributed by atoms with E-state index in [4.69, 9.17) is 10.8 Å². The van der Waals surface area contributed by atoms with E-state index in [-0.39, 0.29) is 24.4 Å². The molecule has 3 N–H and O–H groups in total. The fourth-order valence-corrected chi connectivity index (χ4v) is 1.81. The summed E-state index contributed by atoms with van der Waals surface area (Å²) in [5, 5.41) is 8.55. The minimum atomic E-state index is -2.60. The fourth-order valence-electron chi connectivity index (χ4n) is 1.28. The van der Waals surface area contributed by atoms with Crippen LogP contribution in [0.5, 0.6) is 0 Å². The molecule has 0 aliphatic heterocycles. The molecule has 1 atom stereocenters. The maximum absolute atomic E-state index is 12.5. The molecule has 0 saturated carbocycles. The van der Waals surface area contributed by atoms with Crippen LogP contribution in [0, 0.1) is 0 Å². The lowest BCUT2D eigenvalue weighted by atomic mass is 10.0. The molecule has 1 aromatic carbocycles. The Morgan fingerprint density at radius 3 is 2.35 bits per heavy atom. The number of hydrogen-bond donors (Lipinski definition) is 2. The monoisotopic (exact) mass is 329 g/mol. The number of halogens is 4. The van der Waals surface area contributed by atoms with E-state index in [9.17, 15) is 13.6 Å². The predicted molar refractivity (Wildman–Crippen MR) is 65.5 cm³/mol. The summed E-state index contributed by atoms with van der Waals surface area (Å²) >= 11 is 3.08. The van der Waals surface area contributed by atoms with E-state index < -0.39 is 18.4 Å². The Balaban J connectivity index is 0.00000256. The molecule has 1 rings (SSSR count). The highest BCUT2D eigenvalue weighted by Crippen LogP contribution is 2.27. The first-order chi connectivity index (χ1) is 7.40. The van der Waals surface area contributed by atoms with Crippen molar-refractivity contribution in [1.82, 2.24) is 0 Å². The van der Waals surface area contributed by atoms with E-state index in [1.54, 1.807) is 6.07 Å². The van der Waals surface area contributed by atoms with Crippen molar-refractivity contribution < 1.29 is 18.7 Å². The molecule has 0 heterocycles. The van der Waals surface area contributed by atoms with Crippen molar-refractivity contribution in [3.05, 3.63) is 33.8 Å². The second kappa shape index (κ2) is 6.88. The highest BCUT2D eigenvalue weighted by atomic mass is 79.9. The van der Waals surface area contributed by atoms with E-state index >= 15 is 0 Å². The van der Waals surface area contributed by atoms with Gasteiger partial charge in [0.05, 0.1) is 6.42 Å². The summed E-state index contributed by atoms with van der Waals surface area (Å²) in [6, 6.07) is 3.26. The van der Waals surface area contributed by atoms with Crippen LogP contribution in [0.3, 0.4) is 0 Å². The molecule has 0 spiro atoms. The first-order valence-electron chi connectivity index (χ1n) is 4.46. The Hall–Kier alpha value is -0.720. The minimum absolute atomic E-state index is 0. The van der Waals surface area contributed by atoms with Crippen molar-refractivity contribution >= 4 is 34.3 Å². The van der Waals surface area contributed by atoms with Crippen molar-refractivity contribution in [2.75, 3.05) is 0 Å². The van der Waals surface area contributed by atoms with Gasteiger partial charge in [-0.2, -0.15) is 0 Å². The van der Waals surface area contributed by atoms with Gasteiger partial charge in [-0.1, -0.05) is 15.9 Å². The second-order valence-corrected chi connectivity index (χ2v) is 4.24. The summed E-state index contributed by atoms with van der Waals surface area (Å²) in [5.74, 6) is -1.06. The lowest BCUT2D eigenvalue weighted by molar-refractivity contribution is -0.137. The van der Waals surface area contributed by atoms with Gasteiger partial charge >= 0.3 is 5.97 Å². The van der Waals surface area contributed by atoms with Gasteiger partial charge in [-0.25, -0.2) is 8.78 Å². The molecular formula is C10H11BrClF2NO2. The van der Waals surface area contributed by atoms with E-state index in [0.29, 0.717) is 10.0 Å². The summed E-state index contributed by atoms with van der Waals surface area (Å²) in [6.45, 7) is 0. The molecule has 96 valence electrons. The Kier molecular flexibility index (Phi) is 6.59. The van der Waals surface area contributed by atoms with Crippen molar-refractivity contribution in [1.29, 1.82) is 0 Å². The van der Waals surface area contributed by atoms with Crippen molar-refractivity contribution in [2.45, 2.75) is 18.9 Å². The molecule has 17 heavy (non-hydrogen) atoms. The summed E-state index contributed by atoms with van der Waals surface area (Å²) in [6.07, 6.45) is -2.90. The van der Waals surface area contributed by atoms with Gasteiger partial charge in [0.25, 0.3) is 6.43 Å². The zero-order valence-corrected chi connectivity index (χ0v) is 11.0. The number of carboxylic acids is 1. The van der Waals surface area contributed by atoms with E-state index in [2.05, 4.69) is 15.9 Å². The van der Waals surface area contributed by atoms with Gasteiger partial charge in [-0.05, 0) is 23.8 Å². The van der Waals surface area contributed by atoms with Crippen LogP contribution in [0.15, 0.2) is 22.7 Å². The molecule has 3 nitrogen and oxygen atoms in total. The van der Waals surface area contributed by atoms with Gasteiger partial charge < -0.3 is 10.8 Å². The smallest absolute Gasteiger partial charge is 0.305 e. The lowest BCUT2D eigenvalue weighted by Gasteiger charge is -2.11. The molecule has 0 radical (unpaired) electrons. The molecule has 0 aliphatic carbocycles. The highest BCUT2D eigenvalue weighted by Gasteiger charge is 2.15. The first kappa shape index (κ1) is 16.3. The Morgan fingerprint density at radius 1 is 1.35 bits per heavy atom. The van der Waals surface area contributed by atoms with Gasteiger partial charge in [-0.3, -0.25) is 4.79 Å². The minimum Gasteiger partial charge on any atom is -0.481 e. The van der Waals surface area contributed by atoms with Crippen molar-refractivity contribution in [3.8, 4) is 0 Å². The number of carbonyl (C=O) groups is 1. The van der Waals surface area contributed by atoms with Crippen LogP contribution < -0.4 is 5.73 Å². The zero-order valence-electron chi connectivity index (χ0n) is 8.57. The molecule has 0 saturated heterocycles. The van der Waals surface area contributed by atoms with Gasteiger partial charge in [0, 0.05) is 16.1 Å². The van der Waals surface area contributed by atoms with Crippen LogP contribution in [0.2, 0.25) is 0 Å². The topological polar surface area (TPSA) is 63.3 Å². The van der Waals surface area contributed by atoms with E-state index in [0.717, 1.165) is 0 Å². The average molecular weight is 331 g/mol. The highest BCUT2D eigenvalue weighted by molar-refractivity contribution is 9.10. The molecule has 0 amide bonds. The quantitative estimate of drug-likeness (QED) is 0.890. The maximum Gasteiger partial charge on any atom is 0.305 e. The third-order valence-corrected chi connectivity index (χ3v) is 2.47. The normalized spacial score (nSPS) is 12.1. The second-order valence-electron chi connectivity index (χ2n) is 3.32. The Morgan fingerprint density at radius 2 is 1.88 bits per heavy atom. The molecule has 0 aliphatic rings. The number of alkyl halides is 2. The molecule has 0 bridgehead atoms. The number of carboxylic acid groups (broad SMARTS) is 1. The average Bonchev–Trinajstić information content (AvgIpc) is 2.15. The third kappa shape index (κ3) is 4.97. The van der Waals surface area contributed by atoms with Crippen LogP contribution in [0.25, 0.3) is 0 Å². The van der Waals surface area contributed by atoms with Crippen LogP contribution in [0.4, 0.5) is 8.78 Å². The summed E-state index contributed by atoms with van der Waals surface area (Å²) in [5.41, 5.74) is 5.79. The van der Waals surface area contributed by atoms with E-state index in [1.807, 2.05) is 0 Å². The largest absolute Gasteiger partial charge is 0.481 e. The molecular weight excluding hydrogens is 319 g/mol. The number of aliphatic carboxylic acids is 1. The van der Waals surface area contributed by atoms with Crippen LogP contribution in [-0.2, 0) is 4.79 Å². The van der Waals surface area contributed by atoms with Crippen LogP contribution >= 0.6 is 28.3 Å². The fraction of sp³-hybridized carbons (Fsp3) is 0.300. The van der Waals surface area contributed by atoms with Gasteiger partial charge in [0.15, 0.2) is 0 Å². The number of benzene rings is 1.